The van der Waals surface area contributed by atoms with Crippen molar-refractivity contribution < 1.29 is 4.79 Å². The molecule has 1 aliphatic heterocycles. The van der Waals surface area contributed by atoms with Crippen molar-refractivity contribution in [2.45, 2.75) is 25.7 Å². The molecule has 0 saturated carbocycles. The number of hydrogen-bond donors (Lipinski definition) is 1. The smallest absolute Gasteiger partial charge is 0.140 e. The first-order valence-corrected chi connectivity index (χ1v) is 7.28. The van der Waals surface area contributed by atoms with E-state index in [2.05, 4.69) is 4.90 Å². The van der Waals surface area contributed by atoms with Crippen LogP contribution in [0.25, 0.3) is 0 Å². The van der Waals surface area contributed by atoms with Gasteiger partial charge >= 0.3 is 0 Å². The zero-order valence-corrected chi connectivity index (χ0v) is 11.6. The highest BCUT2D eigenvalue weighted by molar-refractivity contribution is 5.83. The number of carbonyl (C=O) groups excluding carboxylic acids is 1. The molecule has 1 fully saturated rings. The molecule has 1 heterocycles. The molecule has 1 aliphatic rings. The second-order valence-corrected chi connectivity index (χ2v) is 5.39. The molecule has 0 spiro atoms. The fraction of sp³-hybridized carbons (Fsp3) is 0.562. The summed E-state index contributed by atoms with van der Waals surface area (Å²) in [5, 5.41) is 0. The zero-order valence-electron chi connectivity index (χ0n) is 11.6. The summed E-state index contributed by atoms with van der Waals surface area (Å²) in [5.41, 5.74) is 6.66. The quantitative estimate of drug-likeness (QED) is 0.849. The summed E-state index contributed by atoms with van der Waals surface area (Å²) in [5.74, 6) is 0.666. The van der Waals surface area contributed by atoms with E-state index in [9.17, 15) is 4.79 Å². The Morgan fingerprint density at radius 1 is 1.21 bits per heavy atom. The number of likely N-dealkylation sites (tertiary alicyclic amines) is 1. The normalized spacial score (nSPS) is 17.5. The van der Waals surface area contributed by atoms with Gasteiger partial charge in [-0.3, -0.25) is 4.79 Å². The maximum atomic E-state index is 12.2. The summed E-state index contributed by atoms with van der Waals surface area (Å²) in [6, 6.07) is 10.1. The van der Waals surface area contributed by atoms with Gasteiger partial charge in [-0.1, -0.05) is 30.3 Å². The molecule has 0 radical (unpaired) electrons. The molecule has 3 nitrogen and oxygen atoms in total. The van der Waals surface area contributed by atoms with Crippen LogP contribution in [-0.4, -0.2) is 36.9 Å². The molecule has 3 heteroatoms. The first-order chi connectivity index (χ1) is 9.29. The third-order valence-corrected chi connectivity index (χ3v) is 3.94. The van der Waals surface area contributed by atoms with E-state index in [0.717, 1.165) is 51.0 Å². The summed E-state index contributed by atoms with van der Waals surface area (Å²) in [7, 11) is 0. The van der Waals surface area contributed by atoms with Crippen molar-refractivity contribution in [1.29, 1.82) is 0 Å². The van der Waals surface area contributed by atoms with Crippen molar-refractivity contribution in [1.82, 2.24) is 4.90 Å². The van der Waals surface area contributed by atoms with E-state index < -0.39 is 0 Å². The maximum absolute atomic E-state index is 12.2. The van der Waals surface area contributed by atoms with Crippen LogP contribution in [0.15, 0.2) is 30.3 Å². The van der Waals surface area contributed by atoms with Gasteiger partial charge in [0.05, 0.1) is 0 Å². The lowest BCUT2D eigenvalue weighted by Gasteiger charge is -2.31. The molecular weight excluding hydrogens is 236 g/mol. The van der Waals surface area contributed by atoms with Gasteiger partial charge in [-0.2, -0.15) is 0 Å². The molecule has 0 unspecified atom stereocenters. The van der Waals surface area contributed by atoms with Crippen LogP contribution in [0.2, 0.25) is 0 Å². The molecule has 104 valence electrons. The van der Waals surface area contributed by atoms with Crippen molar-refractivity contribution in [3.8, 4) is 0 Å². The average Bonchev–Trinajstić information content (AvgIpc) is 2.46. The second kappa shape index (κ2) is 7.41. The van der Waals surface area contributed by atoms with E-state index in [-0.39, 0.29) is 5.92 Å². The number of nitrogens with two attached hydrogens (primary N) is 1. The SMILES string of the molecule is NCCCN1CCC(C(=O)Cc2ccccc2)CC1. The Labute approximate surface area is 115 Å². The minimum atomic E-state index is 0.259. The highest BCUT2D eigenvalue weighted by atomic mass is 16.1. The van der Waals surface area contributed by atoms with Gasteiger partial charge in [0.25, 0.3) is 0 Å². The van der Waals surface area contributed by atoms with E-state index in [1.54, 1.807) is 0 Å². The lowest BCUT2D eigenvalue weighted by atomic mass is 9.89. The predicted molar refractivity (Wildman–Crippen MR) is 78.0 cm³/mol. The second-order valence-electron chi connectivity index (χ2n) is 5.39. The number of piperidine rings is 1. The van der Waals surface area contributed by atoms with Crippen LogP contribution < -0.4 is 5.73 Å². The Bertz CT molecular complexity index is 383. The number of Topliss-reactive ketones (excluding diaryl/α,β-unsaturated/α-hetero) is 1. The van der Waals surface area contributed by atoms with Crippen molar-refractivity contribution in [3.05, 3.63) is 35.9 Å². The Kier molecular flexibility index (Phi) is 5.55. The Hall–Kier alpha value is -1.19. The minimum Gasteiger partial charge on any atom is -0.330 e. The molecule has 0 bridgehead atoms. The molecule has 0 aromatic heterocycles. The molecule has 1 aromatic rings. The van der Waals surface area contributed by atoms with E-state index in [1.165, 1.54) is 0 Å². The average molecular weight is 260 g/mol. The van der Waals surface area contributed by atoms with Crippen LogP contribution >= 0.6 is 0 Å². The molecule has 2 N–H and O–H groups in total. The van der Waals surface area contributed by atoms with Gasteiger partial charge in [-0.05, 0) is 51.0 Å². The molecular formula is C16H24N2O. The number of ketones is 1. The molecule has 0 aliphatic carbocycles. The third-order valence-electron chi connectivity index (χ3n) is 3.94. The summed E-state index contributed by atoms with van der Waals surface area (Å²) < 4.78 is 0. The lowest BCUT2D eigenvalue weighted by Crippen LogP contribution is -2.37. The van der Waals surface area contributed by atoms with Crippen LogP contribution in [0, 0.1) is 5.92 Å². The summed E-state index contributed by atoms with van der Waals surface area (Å²) in [6.45, 7) is 3.93. The topological polar surface area (TPSA) is 46.3 Å². The van der Waals surface area contributed by atoms with Crippen LogP contribution in [0.4, 0.5) is 0 Å². The molecule has 1 saturated heterocycles. The van der Waals surface area contributed by atoms with Crippen LogP contribution in [0.1, 0.15) is 24.8 Å². The van der Waals surface area contributed by atoms with Gasteiger partial charge in [0.15, 0.2) is 0 Å². The standard InChI is InChI=1S/C16H24N2O/c17-9-4-10-18-11-7-15(8-12-18)16(19)13-14-5-2-1-3-6-14/h1-3,5-6,15H,4,7-13,17H2. The molecule has 1 aromatic carbocycles. The number of benzene rings is 1. The van der Waals surface area contributed by atoms with E-state index in [0.29, 0.717) is 12.2 Å². The van der Waals surface area contributed by atoms with E-state index in [4.69, 9.17) is 5.73 Å². The summed E-state index contributed by atoms with van der Waals surface area (Å²) >= 11 is 0. The van der Waals surface area contributed by atoms with Gasteiger partial charge in [-0.25, -0.2) is 0 Å². The van der Waals surface area contributed by atoms with Crippen molar-refractivity contribution in [2.75, 3.05) is 26.2 Å². The maximum Gasteiger partial charge on any atom is 0.140 e. The minimum absolute atomic E-state index is 0.259. The summed E-state index contributed by atoms with van der Waals surface area (Å²) in [6.07, 6.45) is 3.67. The molecule has 0 atom stereocenters. The van der Waals surface area contributed by atoms with Gasteiger partial charge in [0.2, 0.25) is 0 Å². The number of carbonyl (C=O) groups is 1. The fourth-order valence-corrected chi connectivity index (χ4v) is 2.73. The predicted octanol–water partition coefficient (Wildman–Crippen LogP) is 1.86. The largest absolute Gasteiger partial charge is 0.330 e. The fourth-order valence-electron chi connectivity index (χ4n) is 2.73. The number of nitrogens with zero attached hydrogens (tertiary/aromatic N) is 1. The lowest BCUT2D eigenvalue weighted by molar-refractivity contribution is -0.123. The van der Waals surface area contributed by atoms with Gasteiger partial charge in [0.1, 0.15) is 5.78 Å². The van der Waals surface area contributed by atoms with Crippen LogP contribution in [-0.2, 0) is 11.2 Å². The molecule has 0 amide bonds. The highest BCUT2D eigenvalue weighted by Gasteiger charge is 2.24. The van der Waals surface area contributed by atoms with Gasteiger partial charge in [0, 0.05) is 12.3 Å². The molecule has 19 heavy (non-hydrogen) atoms. The highest BCUT2D eigenvalue weighted by Crippen LogP contribution is 2.20. The molecule has 2 rings (SSSR count). The van der Waals surface area contributed by atoms with Crippen molar-refractivity contribution in [3.63, 3.8) is 0 Å². The Balaban J connectivity index is 1.76. The Morgan fingerprint density at radius 2 is 1.89 bits per heavy atom. The number of hydrogen-bond acceptors (Lipinski definition) is 3. The van der Waals surface area contributed by atoms with E-state index >= 15 is 0 Å². The Morgan fingerprint density at radius 3 is 2.53 bits per heavy atom. The van der Waals surface area contributed by atoms with Crippen LogP contribution in [0.3, 0.4) is 0 Å². The first-order valence-electron chi connectivity index (χ1n) is 7.28. The first kappa shape index (κ1) is 14.2. The van der Waals surface area contributed by atoms with Crippen molar-refractivity contribution >= 4 is 5.78 Å². The van der Waals surface area contributed by atoms with E-state index in [1.807, 2.05) is 30.3 Å². The summed E-state index contributed by atoms with van der Waals surface area (Å²) in [4.78, 5) is 14.7. The van der Waals surface area contributed by atoms with Gasteiger partial charge < -0.3 is 10.6 Å². The van der Waals surface area contributed by atoms with Crippen molar-refractivity contribution in [2.24, 2.45) is 11.7 Å². The van der Waals surface area contributed by atoms with Crippen LogP contribution in [0.5, 0.6) is 0 Å². The van der Waals surface area contributed by atoms with Gasteiger partial charge in [-0.15, -0.1) is 0 Å². The zero-order chi connectivity index (χ0) is 13.5. The third kappa shape index (κ3) is 4.44. The number of rotatable bonds is 6. The monoisotopic (exact) mass is 260 g/mol.